The molecule has 4 heteroatoms. The number of hydrogen-bond donors (Lipinski definition) is 1. The van der Waals surface area contributed by atoms with E-state index in [0.29, 0.717) is 6.54 Å². The molecule has 2 rings (SSSR count). The van der Waals surface area contributed by atoms with Crippen molar-refractivity contribution >= 4 is 0 Å². The van der Waals surface area contributed by atoms with E-state index in [4.69, 9.17) is 9.15 Å². The summed E-state index contributed by atoms with van der Waals surface area (Å²) in [5.41, 5.74) is -0.199. The Hall–Kier alpha value is -0.870. The van der Waals surface area contributed by atoms with Crippen molar-refractivity contribution in [1.29, 1.82) is 0 Å². The molecule has 0 aliphatic carbocycles. The number of aromatic nitrogens is 1. The summed E-state index contributed by atoms with van der Waals surface area (Å²) >= 11 is 0. The van der Waals surface area contributed by atoms with Gasteiger partial charge in [0.05, 0.1) is 12.7 Å². The van der Waals surface area contributed by atoms with Gasteiger partial charge in [-0.1, -0.05) is 0 Å². The van der Waals surface area contributed by atoms with E-state index in [1.54, 1.807) is 6.20 Å². The van der Waals surface area contributed by atoms with Crippen LogP contribution in [-0.4, -0.2) is 17.1 Å². The molecule has 1 saturated heterocycles. The minimum atomic E-state index is -0.271. The first-order valence-corrected chi connectivity index (χ1v) is 6.23. The first kappa shape index (κ1) is 12.6. The second-order valence-electron chi connectivity index (χ2n) is 5.90. The van der Waals surface area contributed by atoms with Crippen LogP contribution in [0.5, 0.6) is 0 Å². The highest BCUT2D eigenvalue weighted by Crippen LogP contribution is 2.35. The second-order valence-corrected chi connectivity index (χ2v) is 5.90. The van der Waals surface area contributed by atoms with Gasteiger partial charge in [-0.15, -0.1) is 0 Å². The predicted octanol–water partition coefficient (Wildman–Crippen LogP) is 2.59. The zero-order valence-corrected chi connectivity index (χ0v) is 11.2. The van der Waals surface area contributed by atoms with Gasteiger partial charge in [-0.25, -0.2) is 4.98 Å². The fourth-order valence-electron chi connectivity index (χ4n) is 1.95. The van der Waals surface area contributed by atoms with Gasteiger partial charge < -0.3 is 14.5 Å². The van der Waals surface area contributed by atoms with E-state index < -0.39 is 0 Å². The second kappa shape index (κ2) is 4.42. The molecule has 1 N–H and O–H groups in total. The molecule has 0 spiro atoms. The van der Waals surface area contributed by atoms with E-state index in [1.807, 2.05) is 0 Å². The van der Waals surface area contributed by atoms with E-state index >= 15 is 0 Å². The van der Waals surface area contributed by atoms with Crippen molar-refractivity contribution < 1.29 is 9.15 Å². The molecule has 1 unspecified atom stereocenters. The zero-order valence-electron chi connectivity index (χ0n) is 11.2. The average molecular weight is 238 g/mol. The molecular weight excluding hydrogens is 216 g/mol. The highest BCUT2D eigenvalue weighted by atomic mass is 16.5. The van der Waals surface area contributed by atoms with Crippen molar-refractivity contribution in [1.82, 2.24) is 10.3 Å². The van der Waals surface area contributed by atoms with Gasteiger partial charge in [-0.2, -0.15) is 0 Å². The van der Waals surface area contributed by atoms with Gasteiger partial charge in [0.2, 0.25) is 5.89 Å². The molecule has 1 atom stereocenters. The molecule has 1 aliphatic heterocycles. The van der Waals surface area contributed by atoms with Crippen LogP contribution in [0.3, 0.4) is 0 Å². The maximum atomic E-state index is 5.77. The molecule has 1 aromatic heterocycles. The smallest absolute Gasteiger partial charge is 0.208 e. The Morgan fingerprint density at radius 3 is 2.82 bits per heavy atom. The third-order valence-electron chi connectivity index (χ3n) is 3.06. The van der Waals surface area contributed by atoms with Gasteiger partial charge in [0.1, 0.15) is 5.60 Å². The predicted molar refractivity (Wildman–Crippen MR) is 65.6 cm³/mol. The quantitative estimate of drug-likeness (QED) is 0.879. The summed E-state index contributed by atoms with van der Waals surface area (Å²) in [4.78, 5) is 4.30. The fraction of sp³-hybridized carbons (Fsp3) is 0.769. The molecule has 2 heterocycles. The topological polar surface area (TPSA) is 47.3 Å². The van der Waals surface area contributed by atoms with Crippen LogP contribution in [0.4, 0.5) is 0 Å². The summed E-state index contributed by atoms with van der Waals surface area (Å²) in [5.74, 6) is 1.58. The van der Waals surface area contributed by atoms with Gasteiger partial charge in [0.25, 0.3) is 0 Å². The monoisotopic (exact) mass is 238 g/mol. The summed E-state index contributed by atoms with van der Waals surface area (Å²) in [6, 6.07) is 0. The van der Waals surface area contributed by atoms with E-state index in [9.17, 15) is 0 Å². The summed E-state index contributed by atoms with van der Waals surface area (Å²) in [6.07, 6.45) is 3.89. The molecule has 1 fully saturated rings. The standard InChI is InChI=1S/C13H22N2O2/c1-12(2,3)15-9-11-14-8-10(17-11)13(4)6-5-7-16-13/h8,15H,5-7,9H2,1-4H3. The largest absolute Gasteiger partial charge is 0.441 e. The maximum absolute atomic E-state index is 5.77. The third-order valence-corrected chi connectivity index (χ3v) is 3.06. The highest BCUT2D eigenvalue weighted by molar-refractivity contribution is 5.07. The number of rotatable bonds is 3. The lowest BCUT2D eigenvalue weighted by Gasteiger charge is -2.20. The zero-order chi connectivity index (χ0) is 12.5. The Morgan fingerprint density at radius 1 is 1.47 bits per heavy atom. The first-order chi connectivity index (χ1) is 7.89. The molecule has 0 saturated carbocycles. The van der Waals surface area contributed by atoms with Crippen LogP contribution in [0.15, 0.2) is 10.6 Å². The Bertz CT molecular complexity index is 373. The van der Waals surface area contributed by atoms with E-state index in [0.717, 1.165) is 31.1 Å². The summed E-state index contributed by atoms with van der Waals surface area (Å²) in [6.45, 7) is 9.91. The molecule has 0 aromatic carbocycles. The highest BCUT2D eigenvalue weighted by Gasteiger charge is 2.35. The van der Waals surface area contributed by atoms with Crippen LogP contribution in [0.2, 0.25) is 0 Å². The number of hydrogen-bond acceptors (Lipinski definition) is 4. The van der Waals surface area contributed by atoms with Gasteiger partial charge in [0.15, 0.2) is 5.76 Å². The lowest BCUT2D eigenvalue weighted by atomic mass is 10.0. The lowest BCUT2D eigenvalue weighted by molar-refractivity contribution is -0.00176. The van der Waals surface area contributed by atoms with Gasteiger partial charge in [0, 0.05) is 12.1 Å². The van der Waals surface area contributed by atoms with Crippen LogP contribution in [-0.2, 0) is 16.9 Å². The normalized spacial score (nSPS) is 25.4. The van der Waals surface area contributed by atoms with Crippen molar-refractivity contribution in [3.05, 3.63) is 17.8 Å². The molecule has 17 heavy (non-hydrogen) atoms. The van der Waals surface area contributed by atoms with E-state index in [2.05, 4.69) is 38.0 Å². The van der Waals surface area contributed by atoms with Crippen molar-refractivity contribution in [3.63, 3.8) is 0 Å². The number of ether oxygens (including phenoxy) is 1. The molecule has 0 bridgehead atoms. The van der Waals surface area contributed by atoms with Crippen molar-refractivity contribution in [2.24, 2.45) is 0 Å². The Morgan fingerprint density at radius 2 is 2.24 bits per heavy atom. The molecule has 0 radical (unpaired) electrons. The molecule has 4 nitrogen and oxygen atoms in total. The Kier molecular flexibility index (Phi) is 3.27. The Balaban J connectivity index is 2.01. The van der Waals surface area contributed by atoms with Crippen LogP contribution >= 0.6 is 0 Å². The third kappa shape index (κ3) is 3.07. The van der Waals surface area contributed by atoms with E-state index in [1.165, 1.54) is 0 Å². The molecular formula is C13H22N2O2. The van der Waals surface area contributed by atoms with E-state index in [-0.39, 0.29) is 11.1 Å². The van der Waals surface area contributed by atoms with Gasteiger partial charge in [-0.3, -0.25) is 0 Å². The molecule has 96 valence electrons. The van der Waals surface area contributed by atoms with Crippen LogP contribution < -0.4 is 5.32 Å². The summed E-state index contributed by atoms with van der Waals surface area (Å²) in [7, 11) is 0. The van der Waals surface area contributed by atoms with Crippen LogP contribution in [0.1, 0.15) is 52.2 Å². The minimum Gasteiger partial charge on any atom is -0.441 e. The average Bonchev–Trinajstić information content (AvgIpc) is 2.83. The first-order valence-electron chi connectivity index (χ1n) is 6.23. The lowest BCUT2D eigenvalue weighted by Crippen LogP contribution is -2.35. The summed E-state index contributed by atoms with van der Waals surface area (Å²) < 4.78 is 11.5. The molecule has 0 amide bonds. The van der Waals surface area contributed by atoms with Gasteiger partial charge in [-0.05, 0) is 40.5 Å². The molecule has 1 aliphatic rings. The number of nitrogens with one attached hydrogen (secondary N) is 1. The number of nitrogens with zero attached hydrogens (tertiary/aromatic N) is 1. The van der Waals surface area contributed by atoms with Crippen LogP contribution in [0.25, 0.3) is 0 Å². The SMILES string of the molecule is CC(C)(C)NCc1ncc(C2(C)CCCO2)o1. The van der Waals surface area contributed by atoms with Gasteiger partial charge >= 0.3 is 0 Å². The Labute approximate surface area is 103 Å². The van der Waals surface area contributed by atoms with Crippen molar-refractivity contribution in [2.75, 3.05) is 6.61 Å². The molecule has 1 aromatic rings. The minimum absolute atomic E-state index is 0.0718. The van der Waals surface area contributed by atoms with Crippen molar-refractivity contribution in [2.45, 2.75) is 58.2 Å². The number of oxazole rings is 1. The fourth-order valence-corrected chi connectivity index (χ4v) is 1.95. The van der Waals surface area contributed by atoms with Crippen LogP contribution in [0, 0.1) is 0 Å². The maximum Gasteiger partial charge on any atom is 0.208 e. The summed E-state index contributed by atoms with van der Waals surface area (Å²) in [5, 5.41) is 3.36. The van der Waals surface area contributed by atoms with Crippen molar-refractivity contribution in [3.8, 4) is 0 Å².